The number of likely N-dealkylation sites (tertiary alicyclic amines) is 1. The van der Waals surface area contributed by atoms with Gasteiger partial charge in [0.15, 0.2) is 6.61 Å². The molecule has 1 aromatic rings. The highest BCUT2D eigenvalue weighted by Crippen LogP contribution is 2.27. The molecular weight excluding hydrogens is 403 g/mol. The van der Waals surface area contributed by atoms with Crippen LogP contribution in [0.25, 0.3) is 0 Å². The smallest absolute Gasteiger partial charge is 0.422 e. The van der Waals surface area contributed by atoms with Crippen molar-refractivity contribution in [2.45, 2.75) is 51.4 Å². The highest BCUT2D eigenvalue weighted by molar-refractivity contribution is 5.95. The Kier molecular flexibility index (Phi) is 7.10. The quantitative estimate of drug-likeness (QED) is 0.735. The third-order valence-corrected chi connectivity index (χ3v) is 4.63. The fourth-order valence-electron chi connectivity index (χ4n) is 3.09. The summed E-state index contributed by atoms with van der Waals surface area (Å²) in [7, 11) is 1.68. The molecular formula is C20H28F3N3O4. The third-order valence-electron chi connectivity index (χ3n) is 4.63. The van der Waals surface area contributed by atoms with Crippen molar-refractivity contribution in [1.82, 2.24) is 9.80 Å². The van der Waals surface area contributed by atoms with Crippen molar-refractivity contribution in [3.63, 3.8) is 0 Å². The van der Waals surface area contributed by atoms with E-state index in [0.29, 0.717) is 25.9 Å². The Labute approximate surface area is 173 Å². The molecule has 7 nitrogen and oxygen atoms in total. The lowest BCUT2D eigenvalue weighted by molar-refractivity contribution is -0.153. The number of hydrogen-bond donors (Lipinski definition) is 1. The van der Waals surface area contributed by atoms with Gasteiger partial charge in [-0.25, -0.2) is 4.79 Å². The van der Waals surface area contributed by atoms with Crippen molar-refractivity contribution in [1.29, 1.82) is 0 Å². The number of carbonyl (C=O) groups excluding carboxylic acids is 2. The fourth-order valence-corrected chi connectivity index (χ4v) is 3.09. The summed E-state index contributed by atoms with van der Waals surface area (Å²) >= 11 is 0. The van der Waals surface area contributed by atoms with Crippen LogP contribution in [0.2, 0.25) is 0 Å². The standard InChI is InChI=1S/C20H28F3N3O4/c1-19(2,3)30-18(28)25(4)14-7-9-26(10-8-14)17(27)13-5-6-16(15(24)11-13)29-12-20(21,22)23/h5-6,11,14H,7-10,12,24H2,1-4H3. The first-order chi connectivity index (χ1) is 13.8. The van der Waals surface area contributed by atoms with Crippen molar-refractivity contribution in [3.05, 3.63) is 23.8 Å². The average molecular weight is 431 g/mol. The SMILES string of the molecule is CN(C(=O)OC(C)(C)C)C1CCN(C(=O)c2ccc(OCC(F)(F)F)c(N)c2)CC1. The third kappa shape index (κ3) is 6.70. The summed E-state index contributed by atoms with van der Waals surface area (Å²) in [6.45, 7) is 4.80. The summed E-state index contributed by atoms with van der Waals surface area (Å²) in [5, 5.41) is 0. The van der Waals surface area contributed by atoms with Crippen molar-refractivity contribution >= 4 is 17.7 Å². The molecule has 1 aliphatic rings. The Morgan fingerprint density at radius 3 is 2.30 bits per heavy atom. The van der Waals surface area contributed by atoms with Crippen LogP contribution in [0, 0.1) is 0 Å². The Balaban J connectivity index is 1.93. The van der Waals surface area contributed by atoms with Gasteiger partial charge in [-0.05, 0) is 51.8 Å². The van der Waals surface area contributed by atoms with E-state index in [1.54, 1.807) is 37.6 Å². The minimum absolute atomic E-state index is 0.0374. The van der Waals surface area contributed by atoms with Crippen LogP contribution in [0.15, 0.2) is 18.2 Å². The second kappa shape index (κ2) is 9.01. The second-order valence-electron chi connectivity index (χ2n) is 8.27. The molecule has 0 unspecified atom stereocenters. The van der Waals surface area contributed by atoms with Gasteiger partial charge in [-0.2, -0.15) is 13.2 Å². The number of anilines is 1. The predicted octanol–water partition coefficient (Wildman–Crippen LogP) is 3.68. The predicted molar refractivity (Wildman–Crippen MR) is 105 cm³/mol. The van der Waals surface area contributed by atoms with E-state index in [2.05, 4.69) is 4.74 Å². The number of piperidine rings is 1. The van der Waals surface area contributed by atoms with Gasteiger partial charge in [0.05, 0.1) is 5.69 Å². The molecule has 0 spiro atoms. The molecule has 2 N–H and O–H groups in total. The van der Waals surface area contributed by atoms with Crippen LogP contribution < -0.4 is 10.5 Å². The van der Waals surface area contributed by atoms with E-state index < -0.39 is 24.5 Å². The number of nitrogen functional groups attached to an aromatic ring is 1. The monoisotopic (exact) mass is 431 g/mol. The van der Waals surface area contributed by atoms with Gasteiger partial charge in [0.1, 0.15) is 11.4 Å². The number of carbonyl (C=O) groups is 2. The van der Waals surface area contributed by atoms with E-state index in [1.807, 2.05) is 0 Å². The number of benzene rings is 1. The maximum atomic E-state index is 12.7. The molecule has 10 heteroatoms. The molecule has 1 aliphatic heterocycles. The summed E-state index contributed by atoms with van der Waals surface area (Å²) in [6.07, 6.45) is -3.71. The van der Waals surface area contributed by atoms with Gasteiger partial charge >= 0.3 is 12.3 Å². The molecule has 0 radical (unpaired) electrons. The number of alkyl halides is 3. The summed E-state index contributed by atoms with van der Waals surface area (Å²) in [6, 6.07) is 3.92. The van der Waals surface area contributed by atoms with E-state index in [9.17, 15) is 22.8 Å². The van der Waals surface area contributed by atoms with Gasteiger partial charge in [-0.15, -0.1) is 0 Å². The van der Waals surface area contributed by atoms with E-state index in [0.717, 1.165) is 0 Å². The number of nitrogens with two attached hydrogens (primary N) is 1. The van der Waals surface area contributed by atoms with Crippen molar-refractivity contribution in [2.24, 2.45) is 0 Å². The molecule has 168 valence electrons. The molecule has 1 heterocycles. The van der Waals surface area contributed by atoms with Crippen LogP contribution in [0.5, 0.6) is 5.75 Å². The average Bonchev–Trinajstić information content (AvgIpc) is 2.64. The summed E-state index contributed by atoms with van der Waals surface area (Å²) in [4.78, 5) is 28.1. The minimum atomic E-state index is -4.47. The Morgan fingerprint density at radius 1 is 1.20 bits per heavy atom. The minimum Gasteiger partial charge on any atom is -0.482 e. The molecule has 0 aliphatic carbocycles. The Bertz CT molecular complexity index is 770. The van der Waals surface area contributed by atoms with Crippen LogP contribution in [0.3, 0.4) is 0 Å². The lowest BCUT2D eigenvalue weighted by Crippen LogP contribution is -2.48. The molecule has 2 amide bonds. The van der Waals surface area contributed by atoms with Crippen LogP contribution >= 0.6 is 0 Å². The molecule has 0 saturated carbocycles. The zero-order valence-electron chi connectivity index (χ0n) is 17.6. The number of nitrogens with zero attached hydrogens (tertiary/aromatic N) is 2. The van der Waals surface area contributed by atoms with Gasteiger partial charge < -0.3 is 25.0 Å². The topological polar surface area (TPSA) is 85.1 Å². The summed E-state index contributed by atoms with van der Waals surface area (Å²) < 4.78 is 46.9. The highest BCUT2D eigenvalue weighted by Gasteiger charge is 2.31. The maximum Gasteiger partial charge on any atom is 0.422 e. The van der Waals surface area contributed by atoms with E-state index in [4.69, 9.17) is 10.5 Å². The number of hydrogen-bond acceptors (Lipinski definition) is 5. The highest BCUT2D eigenvalue weighted by atomic mass is 19.4. The molecule has 1 fully saturated rings. The van der Waals surface area contributed by atoms with Crippen LogP contribution in [0.1, 0.15) is 44.0 Å². The van der Waals surface area contributed by atoms with Gasteiger partial charge in [0.25, 0.3) is 5.91 Å². The molecule has 0 aromatic heterocycles. The zero-order chi connectivity index (χ0) is 22.7. The Morgan fingerprint density at radius 2 is 1.80 bits per heavy atom. The first kappa shape index (κ1) is 23.6. The number of ether oxygens (including phenoxy) is 2. The molecule has 0 atom stereocenters. The summed E-state index contributed by atoms with van der Waals surface area (Å²) in [5.41, 5.74) is 5.39. The first-order valence-electron chi connectivity index (χ1n) is 9.61. The van der Waals surface area contributed by atoms with E-state index in [1.165, 1.54) is 18.2 Å². The number of halogens is 3. The first-order valence-corrected chi connectivity index (χ1v) is 9.61. The number of amides is 2. The van der Waals surface area contributed by atoms with E-state index in [-0.39, 0.29) is 28.9 Å². The van der Waals surface area contributed by atoms with Gasteiger partial charge in [0, 0.05) is 31.7 Å². The Hall–Kier alpha value is -2.65. The largest absolute Gasteiger partial charge is 0.482 e. The molecule has 1 saturated heterocycles. The van der Waals surface area contributed by atoms with Gasteiger partial charge in [-0.1, -0.05) is 0 Å². The normalized spacial score (nSPS) is 15.6. The van der Waals surface area contributed by atoms with Crippen molar-refractivity contribution in [2.75, 3.05) is 32.5 Å². The molecule has 0 bridgehead atoms. The van der Waals surface area contributed by atoms with Crippen LogP contribution in [-0.2, 0) is 4.74 Å². The van der Waals surface area contributed by atoms with Crippen LogP contribution in [-0.4, -0.2) is 66.4 Å². The van der Waals surface area contributed by atoms with Crippen molar-refractivity contribution in [3.8, 4) is 5.75 Å². The lowest BCUT2D eigenvalue weighted by atomic mass is 10.0. The molecule has 2 rings (SSSR count). The second-order valence-corrected chi connectivity index (χ2v) is 8.27. The van der Waals surface area contributed by atoms with Crippen LogP contribution in [0.4, 0.5) is 23.7 Å². The fraction of sp³-hybridized carbons (Fsp3) is 0.600. The van der Waals surface area contributed by atoms with Crippen molar-refractivity contribution < 1.29 is 32.2 Å². The van der Waals surface area contributed by atoms with Gasteiger partial charge in [-0.3, -0.25) is 4.79 Å². The maximum absolute atomic E-state index is 12.7. The lowest BCUT2D eigenvalue weighted by Gasteiger charge is -2.37. The van der Waals surface area contributed by atoms with Gasteiger partial charge in [0.2, 0.25) is 0 Å². The van der Waals surface area contributed by atoms with E-state index >= 15 is 0 Å². The molecule has 1 aromatic carbocycles. The number of rotatable bonds is 4. The summed E-state index contributed by atoms with van der Waals surface area (Å²) in [5.74, 6) is -0.399. The zero-order valence-corrected chi connectivity index (χ0v) is 17.6. The molecule has 30 heavy (non-hydrogen) atoms.